The van der Waals surface area contributed by atoms with Crippen molar-refractivity contribution in [3.8, 4) is 5.75 Å². The Hall–Kier alpha value is -2.64. The van der Waals surface area contributed by atoms with E-state index in [2.05, 4.69) is 10.1 Å². The topological polar surface area (TPSA) is 67.9 Å². The smallest absolute Gasteiger partial charge is 0.387 e. The number of alkyl halides is 2. The van der Waals surface area contributed by atoms with Crippen molar-refractivity contribution >= 4 is 12.0 Å². The highest BCUT2D eigenvalue weighted by atomic mass is 19.3. The Labute approximate surface area is 138 Å². The molecule has 130 valence electrons. The second-order valence-corrected chi connectivity index (χ2v) is 5.03. The Morgan fingerprint density at radius 2 is 2.04 bits per heavy atom. The SMILES string of the molecule is CCN1C(=O)N[C@@H](c2ccccc2OC(F)F)C(C(=O)OC)=C1C. The van der Waals surface area contributed by atoms with Crippen molar-refractivity contribution in [2.75, 3.05) is 13.7 Å². The molecule has 2 amide bonds. The lowest BCUT2D eigenvalue weighted by Gasteiger charge is -2.35. The summed E-state index contributed by atoms with van der Waals surface area (Å²) in [5.41, 5.74) is 0.830. The molecule has 1 aliphatic heterocycles. The molecule has 8 heteroatoms. The first-order valence-electron chi connectivity index (χ1n) is 7.31. The van der Waals surface area contributed by atoms with Gasteiger partial charge in [0.1, 0.15) is 5.75 Å². The van der Waals surface area contributed by atoms with E-state index in [-0.39, 0.29) is 16.9 Å². The number of halogens is 2. The molecule has 0 aromatic heterocycles. The molecule has 0 bridgehead atoms. The van der Waals surface area contributed by atoms with Crippen molar-refractivity contribution in [1.82, 2.24) is 10.2 Å². The fourth-order valence-corrected chi connectivity index (χ4v) is 2.69. The molecule has 24 heavy (non-hydrogen) atoms. The van der Waals surface area contributed by atoms with Crippen LogP contribution in [0.4, 0.5) is 13.6 Å². The van der Waals surface area contributed by atoms with E-state index < -0.39 is 24.7 Å². The average Bonchev–Trinajstić information content (AvgIpc) is 2.54. The molecule has 0 saturated heterocycles. The molecule has 1 heterocycles. The highest BCUT2D eigenvalue weighted by Gasteiger charge is 2.37. The van der Waals surface area contributed by atoms with Crippen molar-refractivity contribution in [1.29, 1.82) is 0 Å². The summed E-state index contributed by atoms with van der Waals surface area (Å²) in [5, 5.41) is 2.65. The van der Waals surface area contributed by atoms with Gasteiger partial charge in [-0.15, -0.1) is 0 Å². The van der Waals surface area contributed by atoms with E-state index in [4.69, 9.17) is 4.74 Å². The van der Waals surface area contributed by atoms with Crippen LogP contribution in [-0.4, -0.2) is 37.2 Å². The van der Waals surface area contributed by atoms with Gasteiger partial charge in [0.15, 0.2) is 0 Å². The van der Waals surface area contributed by atoms with Crippen LogP contribution in [0.3, 0.4) is 0 Å². The molecule has 1 atom stereocenters. The Bertz CT molecular complexity index is 676. The molecule has 0 spiro atoms. The van der Waals surface area contributed by atoms with Crippen LogP contribution in [0.2, 0.25) is 0 Å². The first kappa shape index (κ1) is 17.7. The van der Waals surface area contributed by atoms with Crippen molar-refractivity contribution < 1.29 is 27.8 Å². The lowest BCUT2D eigenvalue weighted by atomic mass is 9.94. The maximum Gasteiger partial charge on any atom is 0.387 e. The highest BCUT2D eigenvalue weighted by molar-refractivity contribution is 5.95. The van der Waals surface area contributed by atoms with Crippen molar-refractivity contribution in [2.45, 2.75) is 26.5 Å². The van der Waals surface area contributed by atoms with Gasteiger partial charge < -0.3 is 14.8 Å². The summed E-state index contributed by atoms with van der Waals surface area (Å²) in [4.78, 5) is 25.8. The number of amides is 2. The minimum atomic E-state index is -3.02. The van der Waals surface area contributed by atoms with Gasteiger partial charge in [0.2, 0.25) is 0 Å². The normalized spacial score (nSPS) is 17.8. The number of methoxy groups -OCH3 is 1. The number of nitrogens with one attached hydrogen (secondary N) is 1. The zero-order valence-corrected chi connectivity index (χ0v) is 13.5. The van der Waals surface area contributed by atoms with Crippen LogP contribution < -0.4 is 10.1 Å². The van der Waals surface area contributed by atoms with Crippen LogP contribution in [0.25, 0.3) is 0 Å². The molecule has 0 radical (unpaired) electrons. The van der Waals surface area contributed by atoms with E-state index in [1.165, 1.54) is 30.2 Å². The number of carbonyl (C=O) groups is 2. The Balaban J connectivity index is 2.58. The molecule has 1 N–H and O–H groups in total. The van der Waals surface area contributed by atoms with Crippen LogP contribution in [0.15, 0.2) is 35.5 Å². The van der Waals surface area contributed by atoms with Crippen LogP contribution in [0, 0.1) is 0 Å². The summed E-state index contributed by atoms with van der Waals surface area (Å²) in [6.07, 6.45) is 0. The summed E-state index contributed by atoms with van der Waals surface area (Å²) < 4.78 is 34.6. The van der Waals surface area contributed by atoms with E-state index in [1.54, 1.807) is 19.9 Å². The lowest BCUT2D eigenvalue weighted by molar-refractivity contribution is -0.136. The highest BCUT2D eigenvalue weighted by Crippen LogP contribution is 2.36. The summed E-state index contributed by atoms with van der Waals surface area (Å²) in [7, 11) is 1.22. The minimum absolute atomic E-state index is 0.114. The number of benzene rings is 1. The van der Waals surface area contributed by atoms with Gasteiger partial charge in [-0.1, -0.05) is 18.2 Å². The number of hydrogen-bond donors (Lipinski definition) is 1. The minimum Gasteiger partial charge on any atom is -0.466 e. The predicted octanol–water partition coefficient (Wildman–Crippen LogP) is 2.82. The standard InChI is InChI=1S/C16H18F2N2O4/c1-4-20-9(2)12(14(21)23-3)13(19-16(20)22)10-7-5-6-8-11(10)24-15(17)18/h5-8,13,15H,4H2,1-3H3,(H,19,22)/t13-/m0/s1. The average molecular weight is 340 g/mol. The van der Waals surface area contributed by atoms with Gasteiger partial charge in [0.05, 0.1) is 18.7 Å². The lowest BCUT2D eigenvalue weighted by Crippen LogP contribution is -2.47. The quantitative estimate of drug-likeness (QED) is 0.837. The molecular formula is C16H18F2N2O4. The van der Waals surface area contributed by atoms with E-state index in [1.807, 2.05) is 0 Å². The molecule has 0 fully saturated rings. The fraction of sp³-hybridized carbons (Fsp3) is 0.375. The number of ether oxygens (including phenoxy) is 2. The molecule has 2 rings (SSSR count). The third-order valence-electron chi connectivity index (χ3n) is 3.76. The molecule has 1 aromatic carbocycles. The van der Waals surface area contributed by atoms with Crippen LogP contribution in [0.1, 0.15) is 25.5 Å². The van der Waals surface area contributed by atoms with Crippen molar-refractivity contribution in [3.05, 3.63) is 41.1 Å². The number of carbonyl (C=O) groups excluding carboxylic acids is 2. The van der Waals surface area contributed by atoms with Gasteiger partial charge in [0.25, 0.3) is 0 Å². The van der Waals surface area contributed by atoms with E-state index in [0.717, 1.165) is 0 Å². The second kappa shape index (κ2) is 7.29. The van der Waals surface area contributed by atoms with Crippen LogP contribution >= 0.6 is 0 Å². The number of nitrogens with zero attached hydrogens (tertiary/aromatic N) is 1. The van der Waals surface area contributed by atoms with Gasteiger partial charge >= 0.3 is 18.6 Å². The maximum absolute atomic E-state index is 12.6. The monoisotopic (exact) mass is 340 g/mol. The van der Waals surface area contributed by atoms with E-state index in [0.29, 0.717) is 12.2 Å². The molecule has 0 unspecified atom stereocenters. The summed E-state index contributed by atoms with van der Waals surface area (Å²) in [6, 6.07) is 4.63. The second-order valence-electron chi connectivity index (χ2n) is 5.03. The number of para-hydroxylation sites is 1. The zero-order chi connectivity index (χ0) is 17.9. The van der Waals surface area contributed by atoms with Gasteiger partial charge in [0, 0.05) is 17.8 Å². The van der Waals surface area contributed by atoms with Gasteiger partial charge in [-0.25, -0.2) is 9.59 Å². The first-order chi connectivity index (χ1) is 11.4. The summed E-state index contributed by atoms with van der Waals surface area (Å²) in [6.45, 7) is 0.689. The maximum atomic E-state index is 12.6. The third kappa shape index (κ3) is 3.32. The Morgan fingerprint density at radius 3 is 2.62 bits per heavy atom. The fourth-order valence-electron chi connectivity index (χ4n) is 2.69. The van der Waals surface area contributed by atoms with Crippen molar-refractivity contribution in [3.63, 3.8) is 0 Å². The van der Waals surface area contributed by atoms with Crippen LogP contribution in [0.5, 0.6) is 5.75 Å². The summed E-state index contributed by atoms with van der Waals surface area (Å²) >= 11 is 0. The number of rotatable bonds is 5. The third-order valence-corrected chi connectivity index (χ3v) is 3.76. The Morgan fingerprint density at radius 1 is 1.38 bits per heavy atom. The number of esters is 1. The molecule has 0 saturated carbocycles. The number of hydrogen-bond acceptors (Lipinski definition) is 4. The molecule has 1 aromatic rings. The van der Waals surface area contributed by atoms with Gasteiger partial charge in [-0.2, -0.15) is 8.78 Å². The van der Waals surface area contributed by atoms with Crippen molar-refractivity contribution in [2.24, 2.45) is 0 Å². The van der Waals surface area contributed by atoms with Crippen LogP contribution in [-0.2, 0) is 9.53 Å². The number of urea groups is 1. The number of allylic oxidation sites excluding steroid dienone is 1. The first-order valence-corrected chi connectivity index (χ1v) is 7.31. The zero-order valence-electron chi connectivity index (χ0n) is 13.5. The molecule has 1 aliphatic rings. The molecule has 6 nitrogen and oxygen atoms in total. The largest absolute Gasteiger partial charge is 0.466 e. The Kier molecular flexibility index (Phi) is 5.38. The van der Waals surface area contributed by atoms with E-state index in [9.17, 15) is 18.4 Å². The van der Waals surface area contributed by atoms with E-state index >= 15 is 0 Å². The molecule has 0 aliphatic carbocycles. The van der Waals surface area contributed by atoms with Gasteiger partial charge in [-0.05, 0) is 19.9 Å². The molecular weight excluding hydrogens is 322 g/mol. The summed E-state index contributed by atoms with van der Waals surface area (Å²) in [5.74, 6) is -0.764. The van der Waals surface area contributed by atoms with Gasteiger partial charge in [-0.3, -0.25) is 4.90 Å². The predicted molar refractivity (Wildman–Crippen MR) is 81.4 cm³/mol.